The van der Waals surface area contributed by atoms with Gasteiger partial charge in [-0.05, 0) is 6.07 Å². The minimum Gasteiger partial charge on any atom is -0.309 e. The molecule has 1 atom stereocenters. The number of hydrogen-bond acceptors (Lipinski definition) is 4. The molecule has 0 aliphatic carbocycles. The van der Waals surface area contributed by atoms with Crippen LogP contribution < -0.4 is 4.90 Å². The highest BCUT2D eigenvalue weighted by atomic mass is 35.5. The van der Waals surface area contributed by atoms with E-state index >= 15 is 0 Å². The first-order chi connectivity index (χ1) is 8.76. The lowest BCUT2D eigenvalue weighted by Gasteiger charge is -2.17. The smallest absolute Gasteiger partial charge is 0.302 e. The van der Waals surface area contributed by atoms with Gasteiger partial charge in [0.2, 0.25) is 5.91 Å². The third-order valence-corrected chi connectivity index (χ3v) is 4.09. The lowest BCUT2D eigenvalue weighted by molar-refractivity contribution is -0.117. The molecule has 1 aromatic rings. The van der Waals surface area contributed by atoms with Gasteiger partial charge < -0.3 is 4.90 Å². The molecule has 0 saturated carbocycles. The van der Waals surface area contributed by atoms with Gasteiger partial charge in [-0.2, -0.15) is 8.42 Å². The van der Waals surface area contributed by atoms with Crippen molar-refractivity contribution < 1.29 is 17.1 Å². The molecule has 2 rings (SSSR count). The van der Waals surface area contributed by atoms with Crippen LogP contribution in [0.1, 0.15) is 6.42 Å². The van der Waals surface area contributed by atoms with Crippen LogP contribution in [0.4, 0.5) is 9.57 Å². The Morgan fingerprint density at radius 3 is 2.79 bits per heavy atom. The fourth-order valence-electron chi connectivity index (χ4n) is 2.01. The highest BCUT2D eigenvalue weighted by Gasteiger charge is 2.34. The summed E-state index contributed by atoms with van der Waals surface area (Å²) in [6.45, 7) is 0.0731. The van der Waals surface area contributed by atoms with E-state index in [0.29, 0.717) is 10.7 Å². The van der Waals surface area contributed by atoms with Gasteiger partial charge in [-0.1, -0.05) is 23.2 Å². The molecule has 1 amide bonds. The number of nitrogens with zero attached hydrogens (tertiary/aromatic N) is 2. The van der Waals surface area contributed by atoms with E-state index in [1.54, 1.807) is 0 Å². The summed E-state index contributed by atoms with van der Waals surface area (Å²) in [5.74, 6) is -1.61. The number of rotatable bonds is 3. The highest BCUT2D eigenvalue weighted by molar-refractivity contribution is 7.86. The third-order valence-electron chi connectivity index (χ3n) is 2.72. The van der Waals surface area contributed by atoms with E-state index in [-0.39, 0.29) is 24.0 Å². The van der Waals surface area contributed by atoms with E-state index in [1.807, 2.05) is 0 Å². The maximum atomic E-state index is 12.6. The van der Waals surface area contributed by atoms with Crippen LogP contribution in [0.15, 0.2) is 12.3 Å². The van der Waals surface area contributed by atoms with Crippen LogP contribution >= 0.6 is 23.2 Å². The molecule has 5 nitrogen and oxygen atoms in total. The number of anilines is 1. The van der Waals surface area contributed by atoms with Crippen LogP contribution in [0, 0.1) is 5.92 Å². The maximum Gasteiger partial charge on any atom is 0.302 e. The second kappa shape index (κ2) is 5.22. The lowest BCUT2D eigenvalue weighted by Crippen LogP contribution is -2.25. The Morgan fingerprint density at radius 2 is 2.16 bits per heavy atom. The quantitative estimate of drug-likeness (QED) is 0.629. The largest absolute Gasteiger partial charge is 0.309 e. The summed E-state index contributed by atoms with van der Waals surface area (Å²) in [5.41, 5.74) is 0.304. The van der Waals surface area contributed by atoms with Gasteiger partial charge in [-0.3, -0.25) is 4.79 Å². The van der Waals surface area contributed by atoms with E-state index in [9.17, 15) is 17.1 Å². The fraction of sp³-hybridized carbons (Fsp3) is 0.400. The van der Waals surface area contributed by atoms with E-state index in [0.717, 1.165) is 0 Å². The fourth-order valence-corrected chi connectivity index (χ4v) is 3.15. The van der Waals surface area contributed by atoms with Crippen molar-refractivity contribution in [2.75, 3.05) is 17.2 Å². The van der Waals surface area contributed by atoms with Gasteiger partial charge in [0.05, 0.1) is 16.5 Å². The van der Waals surface area contributed by atoms with Crippen molar-refractivity contribution >= 4 is 45.0 Å². The summed E-state index contributed by atoms with van der Waals surface area (Å²) in [5, 5.41) is 0.385. The molecule has 0 bridgehead atoms. The number of carbonyl (C=O) groups excluding carboxylic acids is 1. The molecule has 0 spiro atoms. The molecule has 1 saturated heterocycles. The Bertz CT molecular complexity index is 623. The van der Waals surface area contributed by atoms with Crippen LogP contribution in [-0.4, -0.2) is 31.6 Å². The number of aromatic nitrogens is 1. The Hall–Kier alpha value is -0.920. The molecule has 0 N–H and O–H groups in total. The van der Waals surface area contributed by atoms with Crippen LogP contribution in [-0.2, 0) is 15.0 Å². The minimum absolute atomic E-state index is 0.0496. The molecule has 1 aliphatic heterocycles. The average molecular weight is 327 g/mol. The summed E-state index contributed by atoms with van der Waals surface area (Å²) in [6, 6.07) is 1.46. The SMILES string of the molecule is O=C1CC(CS(=O)(=O)F)CN1c1cc(Cl)cnc1Cl. The van der Waals surface area contributed by atoms with Gasteiger partial charge in [0.1, 0.15) is 0 Å². The van der Waals surface area contributed by atoms with Crippen molar-refractivity contribution in [1.29, 1.82) is 0 Å². The third kappa shape index (κ3) is 3.55. The Morgan fingerprint density at radius 1 is 1.47 bits per heavy atom. The first-order valence-electron chi connectivity index (χ1n) is 5.30. The van der Waals surface area contributed by atoms with Gasteiger partial charge in [0.25, 0.3) is 0 Å². The monoisotopic (exact) mass is 326 g/mol. The molecule has 2 heterocycles. The van der Waals surface area contributed by atoms with Crippen molar-refractivity contribution in [3.63, 3.8) is 0 Å². The predicted molar refractivity (Wildman–Crippen MR) is 69.6 cm³/mol. The topological polar surface area (TPSA) is 67.3 Å². The van der Waals surface area contributed by atoms with E-state index < -0.39 is 21.9 Å². The molecular weight excluding hydrogens is 318 g/mol. The number of halogens is 3. The van der Waals surface area contributed by atoms with Gasteiger partial charge in [-0.25, -0.2) is 4.98 Å². The van der Waals surface area contributed by atoms with E-state index in [2.05, 4.69) is 4.98 Å². The average Bonchev–Trinajstić information content (AvgIpc) is 2.60. The normalized spacial score (nSPS) is 20.1. The van der Waals surface area contributed by atoms with Crippen LogP contribution in [0.2, 0.25) is 10.2 Å². The van der Waals surface area contributed by atoms with Crippen LogP contribution in [0.3, 0.4) is 0 Å². The van der Waals surface area contributed by atoms with Gasteiger partial charge in [0.15, 0.2) is 5.15 Å². The first-order valence-corrected chi connectivity index (χ1v) is 7.61. The molecule has 1 aliphatic rings. The summed E-state index contributed by atoms with van der Waals surface area (Å²) < 4.78 is 33.8. The van der Waals surface area contributed by atoms with Gasteiger partial charge in [0, 0.05) is 25.1 Å². The summed E-state index contributed by atoms with van der Waals surface area (Å²) in [6.07, 6.45) is 1.28. The summed E-state index contributed by atoms with van der Waals surface area (Å²) in [7, 11) is -4.61. The van der Waals surface area contributed by atoms with Gasteiger partial charge >= 0.3 is 10.2 Å². The molecule has 9 heteroatoms. The van der Waals surface area contributed by atoms with E-state index in [4.69, 9.17) is 23.2 Å². The van der Waals surface area contributed by atoms with Gasteiger partial charge in [-0.15, -0.1) is 3.89 Å². The summed E-state index contributed by atoms with van der Waals surface area (Å²) in [4.78, 5) is 16.9. The standard InChI is InChI=1S/C10H9Cl2FN2O3S/c11-7-2-8(10(12)14-3-7)15-4-6(1-9(15)16)5-19(13,17)18/h2-3,6H,1,4-5H2. The zero-order chi connectivity index (χ0) is 14.2. The van der Waals surface area contributed by atoms with Crippen LogP contribution in [0.25, 0.3) is 0 Å². The Balaban J connectivity index is 2.23. The molecule has 1 aromatic heterocycles. The van der Waals surface area contributed by atoms with E-state index in [1.165, 1.54) is 17.2 Å². The second-order valence-electron chi connectivity index (χ2n) is 4.24. The molecule has 104 valence electrons. The van der Waals surface area contributed by atoms with Crippen molar-refractivity contribution in [1.82, 2.24) is 4.98 Å². The van der Waals surface area contributed by atoms with Crippen molar-refractivity contribution in [2.45, 2.75) is 6.42 Å². The molecule has 0 radical (unpaired) electrons. The minimum atomic E-state index is -4.61. The maximum absolute atomic E-state index is 12.6. The molecule has 1 fully saturated rings. The van der Waals surface area contributed by atoms with Crippen molar-refractivity contribution in [2.24, 2.45) is 5.92 Å². The summed E-state index contributed by atoms with van der Waals surface area (Å²) >= 11 is 11.6. The molecule has 19 heavy (non-hydrogen) atoms. The van der Waals surface area contributed by atoms with Crippen molar-refractivity contribution in [3.05, 3.63) is 22.4 Å². The second-order valence-corrected chi connectivity index (χ2v) is 6.45. The highest BCUT2D eigenvalue weighted by Crippen LogP contribution is 2.32. The number of hydrogen-bond donors (Lipinski definition) is 0. The number of pyridine rings is 1. The van der Waals surface area contributed by atoms with Crippen LogP contribution in [0.5, 0.6) is 0 Å². The Labute approximate surface area is 119 Å². The van der Waals surface area contributed by atoms with Crippen molar-refractivity contribution in [3.8, 4) is 0 Å². The Kier molecular flexibility index (Phi) is 3.98. The molecule has 1 unspecified atom stereocenters. The zero-order valence-corrected chi connectivity index (χ0v) is 11.8. The first kappa shape index (κ1) is 14.5. The molecule has 0 aromatic carbocycles. The lowest BCUT2D eigenvalue weighted by atomic mass is 10.1. The molecular formula is C10H9Cl2FN2O3S. The zero-order valence-electron chi connectivity index (χ0n) is 9.51. The predicted octanol–water partition coefficient (Wildman–Crippen LogP) is 2.04. The number of amides is 1. The number of carbonyl (C=O) groups is 1.